The second-order valence-corrected chi connectivity index (χ2v) is 3.99. The molecule has 0 saturated carbocycles. The van der Waals surface area contributed by atoms with Crippen LogP contribution in [0.3, 0.4) is 0 Å². The molecule has 3 heteroatoms. The molecule has 0 spiro atoms. The van der Waals surface area contributed by atoms with Crippen molar-refractivity contribution in [3.63, 3.8) is 0 Å². The van der Waals surface area contributed by atoms with Crippen LogP contribution in [0.5, 0.6) is 0 Å². The number of carbonyl (C=O) groups is 1. The van der Waals surface area contributed by atoms with E-state index in [-0.39, 0.29) is 5.56 Å². The molecule has 0 aliphatic heterocycles. The molecular weight excluding hydrogens is 180 g/mol. The lowest BCUT2D eigenvalue weighted by molar-refractivity contribution is 0.0693. The quantitative estimate of drug-likeness (QED) is 0.770. The normalized spacial score (nSPS) is 11.4. The average Bonchev–Trinajstić information content (AvgIpc) is 2.01. The Labute approximate surface area is 83.0 Å². The molecule has 1 aromatic carbocycles. The maximum atomic E-state index is 10.7. The zero-order valence-corrected chi connectivity index (χ0v) is 8.32. The molecule has 1 rings (SSSR count). The Morgan fingerprint density at radius 2 is 2.07 bits per heavy atom. The summed E-state index contributed by atoms with van der Waals surface area (Å²) < 4.78 is 0. The Kier molecular flexibility index (Phi) is 2.91. The van der Waals surface area contributed by atoms with Gasteiger partial charge in [0, 0.05) is 6.42 Å². The average molecular weight is 194 g/mol. The summed E-state index contributed by atoms with van der Waals surface area (Å²) in [6.07, 6.45) is 0.452. The smallest absolute Gasteiger partial charge is 0.335 e. The number of carboxylic acids is 1. The van der Waals surface area contributed by atoms with Crippen molar-refractivity contribution in [2.75, 3.05) is 0 Å². The van der Waals surface area contributed by atoms with E-state index in [0.717, 1.165) is 5.56 Å². The molecule has 76 valence electrons. The number of rotatable bonds is 3. The molecule has 14 heavy (non-hydrogen) atoms. The van der Waals surface area contributed by atoms with Crippen LogP contribution in [0, 0.1) is 0 Å². The van der Waals surface area contributed by atoms with Crippen molar-refractivity contribution in [3.05, 3.63) is 35.4 Å². The largest absolute Gasteiger partial charge is 0.478 e. The van der Waals surface area contributed by atoms with E-state index in [1.165, 1.54) is 6.07 Å². The first kappa shape index (κ1) is 10.7. The zero-order chi connectivity index (χ0) is 10.8. The van der Waals surface area contributed by atoms with Crippen LogP contribution < -0.4 is 0 Å². The lowest BCUT2D eigenvalue weighted by atomic mass is 9.97. The molecule has 0 fully saturated rings. The number of aromatic carboxylic acids is 1. The van der Waals surface area contributed by atoms with E-state index in [9.17, 15) is 9.90 Å². The summed E-state index contributed by atoms with van der Waals surface area (Å²) in [5.74, 6) is -0.942. The Hall–Kier alpha value is -1.35. The minimum Gasteiger partial charge on any atom is -0.478 e. The van der Waals surface area contributed by atoms with Crippen LogP contribution in [-0.4, -0.2) is 21.8 Å². The molecular formula is C11H14O3. The van der Waals surface area contributed by atoms with Gasteiger partial charge in [0.1, 0.15) is 0 Å². The van der Waals surface area contributed by atoms with Crippen LogP contribution in [-0.2, 0) is 6.42 Å². The van der Waals surface area contributed by atoms with Gasteiger partial charge >= 0.3 is 5.97 Å². The Morgan fingerprint density at radius 3 is 2.57 bits per heavy atom. The fourth-order valence-electron chi connectivity index (χ4n) is 1.31. The Balaban J connectivity index is 2.89. The number of carboxylic acid groups (broad SMARTS) is 1. The monoisotopic (exact) mass is 194 g/mol. The van der Waals surface area contributed by atoms with E-state index in [2.05, 4.69) is 0 Å². The van der Waals surface area contributed by atoms with Crippen molar-refractivity contribution in [1.82, 2.24) is 0 Å². The maximum absolute atomic E-state index is 10.7. The van der Waals surface area contributed by atoms with Crippen LogP contribution in [0.15, 0.2) is 24.3 Å². The number of benzene rings is 1. The van der Waals surface area contributed by atoms with Gasteiger partial charge in [-0.3, -0.25) is 0 Å². The summed E-state index contributed by atoms with van der Waals surface area (Å²) in [6.45, 7) is 3.39. The first-order valence-electron chi connectivity index (χ1n) is 4.43. The number of hydrogen-bond donors (Lipinski definition) is 2. The van der Waals surface area contributed by atoms with Crippen LogP contribution in [0.4, 0.5) is 0 Å². The summed E-state index contributed by atoms with van der Waals surface area (Å²) in [5.41, 5.74) is 0.279. The van der Waals surface area contributed by atoms with Crippen LogP contribution >= 0.6 is 0 Å². The summed E-state index contributed by atoms with van der Waals surface area (Å²) in [7, 11) is 0. The van der Waals surface area contributed by atoms with Crippen molar-refractivity contribution in [1.29, 1.82) is 0 Å². The summed E-state index contributed by atoms with van der Waals surface area (Å²) in [4.78, 5) is 10.7. The molecule has 1 aromatic rings. The van der Waals surface area contributed by atoms with Gasteiger partial charge in [-0.15, -0.1) is 0 Å². The highest BCUT2D eigenvalue weighted by molar-refractivity contribution is 5.87. The van der Waals surface area contributed by atoms with E-state index in [1.54, 1.807) is 26.0 Å². The van der Waals surface area contributed by atoms with Crippen molar-refractivity contribution < 1.29 is 15.0 Å². The van der Waals surface area contributed by atoms with Crippen LogP contribution in [0.2, 0.25) is 0 Å². The molecule has 0 bridgehead atoms. The first-order valence-corrected chi connectivity index (χ1v) is 4.43. The third-order valence-corrected chi connectivity index (χ3v) is 1.81. The third-order valence-electron chi connectivity index (χ3n) is 1.81. The van der Waals surface area contributed by atoms with E-state index < -0.39 is 11.6 Å². The van der Waals surface area contributed by atoms with Gasteiger partial charge in [-0.25, -0.2) is 4.79 Å². The summed E-state index contributed by atoms with van der Waals surface area (Å²) in [6, 6.07) is 6.62. The van der Waals surface area contributed by atoms with Crippen LogP contribution in [0.1, 0.15) is 29.8 Å². The topological polar surface area (TPSA) is 57.5 Å². The van der Waals surface area contributed by atoms with Gasteiger partial charge in [0.05, 0.1) is 11.2 Å². The minimum atomic E-state index is -0.942. The lowest BCUT2D eigenvalue weighted by Gasteiger charge is -2.16. The molecule has 2 N–H and O–H groups in total. The molecule has 0 amide bonds. The van der Waals surface area contributed by atoms with Gasteiger partial charge in [0.15, 0.2) is 0 Å². The molecule has 0 atom stereocenters. The predicted octanol–water partition coefficient (Wildman–Crippen LogP) is 1.70. The second kappa shape index (κ2) is 3.80. The fraction of sp³-hybridized carbons (Fsp3) is 0.364. The molecule has 0 aliphatic rings. The Morgan fingerprint density at radius 1 is 1.43 bits per heavy atom. The van der Waals surface area contributed by atoms with E-state index in [1.807, 2.05) is 6.07 Å². The molecule has 0 aliphatic carbocycles. The van der Waals surface area contributed by atoms with Crippen LogP contribution in [0.25, 0.3) is 0 Å². The number of hydrogen-bond acceptors (Lipinski definition) is 2. The Bertz CT molecular complexity index is 337. The molecule has 0 saturated heterocycles. The van der Waals surface area contributed by atoms with E-state index >= 15 is 0 Å². The molecule has 0 radical (unpaired) electrons. The second-order valence-electron chi connectivity index (χ2n) is 3.99. The standard InChI is InChI=1S/C11H14O3/c1-11(2,14)7-8-4-3-5-9(6-8)10(12)13/h3-6,14H,7H2,1-2H3,(H,12,13). The maximum Gasteiger partial charge on any atom is 0.335 e. The van der Waals surface area contributed by atoms with Crippen molar-refractivity contribution >= 4 is 5.97 Å². The highest BCUT2D eigenvalue weighted by Gasteiger charge is 2.14. The van der Waals surface area contributed by atoms with Gasteiger partial charge < -0.3 is 10.2 Å². The van der Waals surface area contributed by atoms with Gasteiger partial charge in [-0.1, -0.05) is 12.1 Å². The lowest BCUT2D eigenvalue weighted by Crippen LogP contribution is -2.21. The highest BCUT2D eigenvalue weighted by atomic mass is 16.4. The minimum absolute atomic E-state index is 0.256. The summed E-state index contributed by atoms with van der Waals surface area (Å²) >= 11 is 0. The molecule has 0 aromatic heterocycles. The molecule has 0 unspecified atom stereocenters. The van der Waals surface area contributed by atoms with Crippen molar-refractivity contribution in [2.24, 2.45) is 0 Å². The van der Waals surface area contributed by atoms with E-state index in [0.29, 0.717) is 6.42 Å². The van der Waals surface area contributed by atoms with Crippen molar-refractivity contribution in [3.8, 4) is 0 Å². The third kappa shape index (κ3) is 3.18. The molecule has 3 nitrogen and oxygen atoms in total. The van der Waals surface area contributed by atoms with Gasteiger partial charge in [-0.2, -0.15) is 0 Å². The molecule has 0 heterocycles. The predicted molar refractivity (Wildman–Crippen MR) is 53.4 cm³/mol. The number of aliphatic hydroxyl groups is 1. The summed E-state index contributed by atoms with van der Waals surface area (Å²) in [5, 5.41) is 18.3. The fourth-order valence-corrected chi connectivity index (χ4v) is 1.31. The first-order chi connectivity index (χ1) is 6.38. The highest BCUT2D eigenvalue weighted by Crippen LogP contribution is 2.13. The van der Waals surface area contributed by atoms with Gasteiger partial charge in [0.25, 0.3) is 0 Å². The van der Waals surface area contributed by atoms with Gasteiger partial charge in [0.2, 0.25) is 0 Å². The van der Waals surface area contributed by atoms with Crippen molar-refractivity contribution in [2.45, 2.75) is 25.9 Å². The van der Waals surface area contributed by atoms with Gasteiger partial charge in [-0.05, 0) is 31.5 Å². The SMILES string of the molecule is CC(C)(O)Cc1cccc(C(=O)O)c1. The van der Waals surface area contributed by atoms with E-state index in [4.69, 9.17) is 5.11 Å². The zero-order valence-electron chi connectivity index (χ0n) is 8.32.